The molecule has 0 unspecified atom stereocenters. The molecule has 7 heteroatoms. The van der Waals surface area contributed by atoms with Crippen molar-refractivity contribution in [3.05, 3.63) is 35.6 Å². The van der Waals surface area contributed by atoms with Crippen molar-refractivity contribution in [2.75, 3.05) is 18.5 Å². The van der Waals surface area contributed by atoms with Gasteiger partial charge in [0.05, 0.1) is 15.8 Å². The van der Waals surface area contributed by atoms with E-state index in [1.54, 1.807) is 33.8 Å². The fraction of sp³-hybridized carbons (Fsp3) is 0.632. The van der Waals surface area contributed by atoms with Gasteiger partial charge in [-0.3, -0.25) is 4.21 Å². The van der Waals surface area contributed by atoms with E-state index in [-0.39, 0.29) is 11.3 Å². The first-order chi connectivity index (χ1) is 12.9. The molecule has 0 fully saturated rings. The van der Waals surface area contributed by atoms with Crippen LogP contribution in [0.5, 0.6) is 0 Å². The van der Waals surface area contributed by atoms with Gasteiger partial charge >= 0.3 is 0 Å². The van der Waals surface area contributed by atoms with Crippen molar-refractivity contribution >= 4 is 20.5 Å². The standard InChI is InChI=1S/C19H29FN2O2S2/c1-17(2,3)25(23)13-19(6,15-10-8-9-11-16(15)20)14-26(24,22-7)18(4,5)12-21/h8-11H,13-14H2,1-7H3/t19-,25-,26+/m0/s1/i7D3. The maximum Gasteiger partial charge on any atom is 0.134 e. The van der Waals surface area contributed by atoms with E-state index in [1.807, 2.05) is 6.07 Å². The van der Waals surface area contributed by atoms with E-state index in [1.165, 1.54) is 32.0 Å². The Morgan fingerprint density at radius 3 is 2.31 bits per heavy atom. The van der Waals surface area contributed by atoms with E-state index in [4.69, 9.17) is 4.11 Å². The van der Waals surface area contributed by atoms with Crippen molar-refractivity contribution < 1.29 is 16.9 Å². The van der Waals surface area contributed by atoms with Crippen molar-refractivity contribution in [2.45, 2.75) is 56.5 Å². The van der Waals surface area contributed by atoms with Crippen LogP contribution in [0.2, 0.25) is 0 Å². The molecule has 1 rings (SSSR count). The number of halogens is 1. The first-order valence-corrected chi connectivity index (χ1v) is 11.2. The van der Waals surface area contributed by atoms with Crippen LogP contribution in [0.15, 0.2) is 28.6 Å². The van der Waals surface area contributed by atoms with Crippen LogP contribution in [0.4, 0.5) is 4.39 Å². The topological polar surface area (TPSA) is 70.3 Å². The van der Waals surface area contributed by atoms with Crippen LogP contribution in [-0.2, 0) is 25.9 Å². The predicted molar refractivity (Wildman–Crippen MR) is 108 cm³/mol. The molecule has 0 saturated heterocycles. The maximum absolute atomic E-state index is 14.7. The molecule has 3 atom stereocenters. The Labute approximate surface area is 164 Å². The van der Waals surface area contributed by atoms with Crippen molar-refractivity contribution in [1.29, 1.82) is 5.26 Å². The minimum Gasteiger partial charge on any atom is -0.259 e. The average molecular weight is 404 g/mol. The number of hydrogen-bond acceptors (Lipinski definition) is 4. The smallest absolute Gasteiger partial charge is 0.134 e. The molecule has 4 nitrogen and oxygen atoms in total. The van der Waals surface area contributed by atoms with Crippen LogP contribution < -0.4 is 0 Å². The van der Waals surface area contributed by atoms with Crippen molar-refractivity contribution in [2.24, 2.45) is 4.36 Å². The van der Waals surface area contributed by atoms with Crippen LogP contribution in [0.1, 0.15) is 51.2 Å². The number of benzene rings is 1. The second-order valence-electron chi connectivity index (χ2n) is 8.14. The fourth-order valence-electron chi connectivity index (χ4n) is 2.48. The zero-order chi connectivity index (χ0) is 22.9. The minimum atomic E-state index is -3.69. The van der Waals surface area contributed by atoms with Gasteiger partial charge < -0.3 is 0 Å². The Morgan fingerprint density at radius 1 is 1.27 bits per heavy atom. The van der Waals surface area contributed by atoms with Crippen LogP contribution in [0, 0.1) is 17.1 Å². The maximum atomic E-state index is 14.7. The molecule has 26 heavy (non-hydrogen) atoms. The molecular formula is C19H29FN2O2S2. The van der Waals surface area contributed by atoms with Crippen LogP contribution in [0.25, 0.3) is 0 Å². The van der Waals surface area contributed by atoms with Gasteiger partial charge in [-0.05, 0) is 46.2 Å². The van der Waals surface area contributed by atoms with Crippen LogP contribution >= 0.6 is 0 Å². The normalized spacial score (nSPS) is 20.5. The molecule has 0 aromatic heterocycles. The lowest BCUT2D eigenvalue weighted by Gasteiger charge is -2.36. The zero-order valence-corrected chi connectivity index (χ0v) is 17.8. The highest BCUT2D eigenvalue weighted by atomic mass is 32.2. The highest BCUT2D eigenvalue weighted by Crippen LogP contribution is 2.35. The molecule has 0 amide bonds. The van der Waals surface area contributed by atoms with E-state index in [0.717, 1.165) is 0 Å². The average Bonchev–Trinajstić information content (AvgIpc) is 2.51. The Bertz CT molecular complexity index is 940. The molecule has 146 valence electrons. The SMILES string of the molecule is [2H]C([2H])([2H])N=[S@@](=O)(C[C@](C)(C[S@](=O)C(C)(C)C)c1ccccc1F)C(C)(C)C#N. The summed E-state index contributed by atoms with van der Waals surface area (Å²) in [5.41, 5.74) is -1.11. The van der Waals surface area contributed by atoms with Gasteiger partial charge in [-0.25, -0.2) is 13.0 Å². The third-order valence-corrected chi connectivity index (χ3v) is 9.66. The zero-order valence-electron chi connectivity index (χ0n) is 19.1. The lowest BCUT2D eigenvalue weighted by molar-refractivity contribution is 0.517. The first kappa shape index (κ1) is 18.1. The van der Waals surface area contributed by atoms with Gasteiger partial charge in [0, 0.05) is 43.6 Å². The number of rotatable bonds is 6. The molecule has 0 heterocycles. The van der Waals surface area contributed by atoms with E-state index in [2.05, 4.69) is 4.36 Å². The molecule has 1 aromatic carbocycles. The Hall–Kier alpha value is -1.26. The van der Waals surface area contributed by atoms with Gasteiger partial charge in [0.1, 0.15) is 10.6 Å². The lowest BCUT2D eigenvalue weighted by Crippen LogP contribution is -2.45. The first-order valence-electron chi connectivity index (χ1n) is 9.67. The Kier molecular flexibility index (Phi) is 5.42. The molecule has 0 aliphatic heterocycles. The summed E-state index contributed by atoms with van der Waals surface area (Å²) >= 11 is 0. The monoisotopic (exact) mass is 403 g/mol. The van der Waals surface area contributed by atoms with Crippen molar-refractivity contribution in [1.82, 2.24) is 0 Å². The number of nitriles is 1. The molecule has 0 aliphatic carbocycles. The highest BCUT2D eigenvalue weighted by Gasteiger charge is 2.42. The van der Waals surface area contributed by atoms with E-state index in [9.17, 15) is 18.1 Å². The Morgan fingerprint density at radius 2 is 1.85 bits per heavy atom. The second-order valence-corrected chi connectivity index (χ2v) is 13.1. The highest BCUT2D eigenvalue weighted by molar-refractivity contribution is 7.95. The number of hydrogen-bond donors (Lipinski definition) is 0. The predicted octanol–water partition coefficient (Wildman–Crippen LogP) is 4.03. The molecule has 0 radical (unpaired) electrons. The fourth-order valence-corrected chi connectivity index (χ4v) is 5.80. The van der Waals surface area contributed by atoms with Gasteiger partial charge in [-0.15, -0.1) is 0 Å². The summed E-state index contributed by atoms with van der Waals surface area (Å²) < 4.78 is 65.3. The largest absolute Gasteiger partial charge is 0.259 e. The van der Waals surface area contributed by atoms with E-state index < -0.39 is 54.0 Å². The van der Waals surface area contributed by atoms with Gasteiger partial charge in [0.2, 0.25) is 0 Å². The summed E-state index contributed by atoms with van der Waals surface area (Å²) in [6, 6.07) is 7.74. The molecular weight excluding hydrogens is 371 g/mol. The minimum absolute atomic E-state index is 0.0630. The summed E-state index contributed by atoms with van der Waals surface area (Å²) in [5.74, 6) is -1.06. The summed E-state index contributed by atoms with van der Waals surface area (Å²) in [6.45, 7) is 6.72. The third-order valence-electron chi connectivity index (χ3n) is 4.39. The van der Waals surface area contributed by atoms with Crippen molar-refractivity contribution in [3.63, 3.8) is 0 Å². The second kappa shape index (κ2) is 7.77. The molecule has 0 spiro atoms. The quantitative estimate of drug-likeness (QED) is 0.720. The van der Waals surface area contributed by atoms with Gasteiger partial charge in [-0.2, -0.15) is 5.26 Å². The van der Waals surface area contributed by atoms with E-state index in [0.29, 0.717) is 0 Å². The van der Waals surface area contributed by atoms with Crippen molar-refractivity contribution in [3.8, 4) is 6.07 Å². The summed E-state index contributed by atoms with van der Waals surface area (Å²) in [6.07, 6.45) is 0. The summed E-state index contributed by atoms with van der Waals surface area (Å²) in [4.78, 5) is 0. The molecule has 1 aromatic rings. The van der Waals surface area contributed by atoms with E-state index >= 15 is 0 Å². The molecule has 0 N–H and O–H groups in total. The summed E-state index contributed by atoms with van der Waals surface area (Å²) in [5, 5.41) is 9.55. The van der Waals surface area contributed by atoms with Crippen LogP contribution in [-0.4, -0.2) is 36.4 Å². The lowest BCUT2D eigenvalue weighted by atomic mass is 9.86. The third kappa shape index (κ3) is 4.72. The Balaban J connectivity index is 3.77. The summed E-state index contributed by atoms with van der Waals surface area (Å²) in [7, 11) is -5.15. The van der Waals surface area contributed by atoms with Gasteiger partial charge in [0.15, 0.2) is 0 Å². The van der Waals surface area contributed by atoms with Gasteiger partial charge in [-0.1, -0.05) is 25.1 Å². The molecule has 0 saturated carbocycles. The number of nitrogens with zero attached hydrogens (tertiary/aromatic N) is 2. The molecule has 0 bridgehead atoms. The van der Waals surface area contributed by atoms with Gasteiger partial charge in [0.25, 0.3) is 0 Å². The van der Waals surface area contributed by atoms with Crippen LogP contribution in [0.3, 0.4) is 0 Å². The molecule has 0 aliphatic rings.